The quantitative estimate of drug-likeness (QED) is 0.545. The fourth-order valence-electron chi connectivity index (χ4n) is 1.55. The van der Waals surface area contributed by atoms with E-state index in [9.17, 15) is 24.6 Å². The van der Waals surface area contributed by atoms with Crippen molar-refractivity contribution >= 4 is 31.2 Å². The monoisotopic (exact) mass is 323 g/mol. The predicted octanol–water partition coefficient (Wildman–Crippen LogP) is -0.498. The first-order valence-electron chi connectivity index (χ1n) is 6.45. The summed E-state index contributed by atoms with van der Waals surface area (Å²) in [4.78, 5) is 34.4. The topological polar surface area (TPSA) is 113 Å². The zero-order chi connectivity index (χ0) is 16.0. The van der Waals surface area contributed by atoms with E-state index < -0.39 is 36.2 Å². The maximum absolute atomic E-state index is 11.7. The van der Waals surface area contributed by atoms with Crippen LogP contribution in [0, 0.1) is 5.92 Å². The normalized spacial score (nSPS) is 14.9. The van der Waals surface area contributed by atoms with Crippen molar-refractivity contribution in [2.45, 2.75) is 59.0 Å². The Balaban J connectivity index is 0. The lowest BCUT2D eigenvalue weighted by atomic mass is 10.00. The molecular weight excluding hydrogens is 298 g/mol. The molecule has 0 aliphatic heterocycles. The van der Waals surface area contributed by atoms with Gasteiger partial charge in [-0.25, -0.2) is 4.79 Å². The molecule has 3 unspecified atom stereocenters. The van der Waals surface area contributed by atoms with Crippen molar-refractivity contribution < 1.29 is 29.3 Å². The molecule has 0 radical (unpaired) electrons. The molecule has 0 saturated heterocycles. The highest BCUT2D eigenvalue weighted by Crippen LogP contribution is 2.05. The fraction of sp³-hybridized carbons (Fsp3) is 0.769. The Labute approximate surface area is 131 Å². The van der Waals surface area contributed by atoms with Crippen LogP contribution in [-0.2, 0) is 19.1 Å². The van der Waals surface area contributed by atoms with Crippen molar-refractivity contribution in [3.05, 3.63) is 0 Å². The van der Waals surface area contributed by atoms with Crippen molar-refractivity contribution in [2.24, 2.45) is 5.92 Å². The molecule has 0 heterocycles. The Morgan fingerprint density at radius 2 is 1.48 bits per heavy atom. The van der Waals surface area contributed by atoms with Crippen LogP contribution in [-0.4, -0.2) is 52.2 Å². The predicted molar refractivity (Wildman–Crippen MR) is 81.1 cm³/mol. The van der Waals surface area contributed by atoms with E-state index in [-0.39, 0.29) is 25.2 Å². The third kappa shape index (κ3) is 7.45. The van der Waals surface area contributed by atoms with Crippen LogP contribution in [0.4, 0.5) is 0 Å². The lowest BCUT2D eigenvalue weighted by Crippen LogP contribution is -2.52. The smallest absolute Gasteiger partial charge is 0.338 e. The van der Waals surface area contributed by atoms with Gasteiger partial charge in [0, 0.05) is 0 Å². The highest BCUT2D eigenvalue weighted by Gasteiger charge is 2.34. The van der Waals surface area contributed by atoms with E-state index in [0.29, 0.717) is 0 Å². The second kappa shape index (κ2) is 9.75. The van der Waals surface area contributed by atoms with Gasteiger partial charge in [-0.2, -0.15) is 13.5 Å². The number of hydrogen-bond donors (Lipinski definition) is 3. The van der Waals surface area contributed by atoms with Gasteiger partial charge < -0.3 is 20.3 Å². The Morgan fingerprint density at radius 1 is 1.00 bits per heavy atom. The van der Waals surface area contributed by atoms with Gasteiger partial charge >= 0.3 is 5.97 Å². The summed E-state index contributed by atoms with van der Waals surface area (Å²) in [5.41, 5.74) is 0. The zero-order valence-corrected chi connectivity index (χ0v) is 13.9. The molecule has 1 amide bonds. The number of carbonyl (C=O) groups is 3. The number of nitrogens with one attached hydrogen (secondary N) is 1. The molecule has 0 aromatic heterocycles. The number of aliphatic hydroxyl groups is 2. The van der Waals surface area contributed by atoms with Crippen molar-refractivity contribution in [3.63, 3.8) is 0 Å². The number of esters is 1. The third-order valence-corrected chi connectivity index (χ3v) is 2.56. The molecule has 21 heavy (non-hydrogen) atoms. The number of ether oxygens (including phenoxy) is 1. The van der Waals surface area contributed by atoms with Crippen molar-refractivity contribution in [2.75, 3.05) is 0 Å². The SMILES string of the molecule is CC(=O)C(NC(=O)C(O)C(O)C(=O)OC(C)C)C(C)C.S. The van der Waals surface area contributed by atoms with Gasteiger partial charge in [0.15, 0.2) is 18.0 Å². The second-order valence-corrected chi connectivity index (χ2v) is 5.22. The number of amides is 1. The minimum absolute atomic E-state index is 0. The van der Waals surface area contributed by atoms with Gasteiger partial charge in [-0.05, 0) is 26.7 Å². The van der Waals surface area contributed by atoms with E-state index >= 15 is 0 Å². The van der Waals surface area contributed by atoms with Crippen LogP contribution in [0.3, 0.4) is 0 Å². The van der Waals surface area contributed by atoms with E-state index in [1.54, 1.807) is 27.7 Å². The summed E-state index contributed by atoms with van der Waals surface area (Å²) in [7, 11) is 0. The Kier molecular flexibility index (Phi) is 10.3. The maximum Gasteiger partial charge on any atom is 0.338 e. The van der Waals surface area contributed by atoms with Gasteiger partial charge in [0.25, 0.3) is 5.91 Å². The van der Waals surface area contributed by atoms with E-state index in [1.165, 1.54) is 6.92 Å². The van der Waals surface area contributed by atoms with Gasteiger partial charge in [-0.15, -0.1) is 0 Å². The molecule has 124 valence electrons. The molecular formula is C13H25NO6S. The fourth-order valence-corrected chi connectivity index (χ4v) is 1.55. The number of Topliss-reactive ketones (excluding diaryl/α,β-unsaturated/α-hetero) is 1. The molecule has 0 rings (SSSR count). The van der Waals surface area contributed by atoms with Crippen molar-refractivity contribution in [3.8, 4) is 0 Å². The largest absolute Gasteiger partial charge is 0.461 e. The van der Waals surface area contributed by atoms with Crippen LogP contribution < -0.4 is 5.32 Å². The molecule has 0 spiro atoms. The third-order valence-electron chi connectivity index (χ3n) is 2.56. The first kappa shape index (κ1) is 22.2. The van der Waals surface area contributed by atoms with Gasteiger partial charge in [0.05, 0.1) is 12.1 Å². The first-order valence-corrected chi connectivity index (χ1v) is 6.45. The van der Waals surface area contributed by atoms with Gasteiger partial charge in [-0.1, -0.05) is 13.8 Å². The summed E-state index contributed by atoms with van der Waals surface area (Å²) in [5, 5.41) is 21.4. The van der Waals surface area contributed by atoms with Crippen LogP contribution in [0.25, 0.3) is 0 Å². The number of rotatable bonds is 7. The van der Waals surface area contributed by atoms with E-state index in [4.69, 9.17) is 0 Å². The molecule has 0 aliphatic rings. The molecule has 3 N–H and O–H groups in total. The summed E-state index contributed by atoms with van der Waals surface area (Å²) >= 11 is 0. The summed E-state index contributed by atoms with van der Waals surface area (Å²) in [6, 6.07) is -0.787. The Hall–Kier alpha value is -1.12. The number of hydrogen-bond acceptors (Lipinski definition) is 6. The average molecular weight is 323 g/mol. The molecule has 0 aromatic rings. The summed E-state index contributed by atoms with van der Waals surface area (Å²) in [6.45, 7) is 7.90. The molecule has 0 saturated carbocycles. The zero-order valence-electron chi connectivity index (χ0n) is 12.9. The minimum Gasteiger partial charge on any atom is -0.461 e. The summed E-state index contributed by atoms with van der Waals surface area (Å²) < 4.78 is 4.69. The van der Waals surface area contributed by atoms with E-state index in [1.807, 2.05) is 0 Å². The van der Waals surface area contributed by atoms with Crippen LogP contribution in [0.1, 0.15) is 34.6 Å². The van der Waals surface area contributed by atoms with Gasteiger partial charge in [-0.3, -0.25) is 9.59 Å². The van der Waals surface area contributed by atoms with Crippen LogP contribution in [0.15, 0.2) is 0 Å². The molecule has 0 aromatic carbocycles. The summed E-state index contributed by atoms with van der Waals surface area (Å²) in [5.74, 6) is -2.54. The van der Waals surface area contributed by atoms with E-state index in [2.05, 4.69) is 10.1 Å². The first-order chi connectivity index (χ1) is 9.07. The van der Waals surface area contributed by atoms with Crippen LogP contribution in [0.2, 0.25) is 0 Å². The van der Waals surface area contributed by atoms with Gasteiger partial charge in [0.1, 0.15) is 0 Å². The molecule has 7 nitrogen and oxygen atoms in total. The molecule has 0 fully saturated rings. The highest BCUT2D eigenvalue weighted by molar-refractivity contribution is 7.59. The number of ketones is 1. The lowest BCUT2D eigenvalue weighted by Gasteiger charge is -2.23. The van der Waals surface area contributed by atoms with Crippen molar-refractivity contribution in [1.29, 1.82) is 0 Å². The lowest BCUT2D eigenvalue weighted by molar-refractivity contribution is -0.167. The number of carbonyl (C=O) groups excluding carboxylic acids is 3. The van der Waals surface area contributed by atoms with Gasteiger partial charge in [0.2, 0.25) is 0 Å². The average Bonchev–Trinajstić information content (AvgIpc) is 2.31. The Morgan fingerprint density at radius 3 is 1.81 bits per heavy atom. The highest BCUT2D eigenvalue weighted by atomic mass is 32.1. The van der Waals surface area contributed by atoms with E-state index in [0.717, 1.165) is 0 Å². The second-order valence-electron chi connectivity index (χ2n) is 5.22. The van der Waals surface area contributed by atoms with Crippen LogP contribution >= 0.6 is 13.5 Å². The number of aliphatic hydroxyl groups excluding tert-OH is 2. The minimum atomic E-state index is -1.99. The standard InChI is InChI=1S/C13H23NO6.H2S/c1-6(2)9(8(5)15)14-12(18)10(16)11(17)13(19)20-7(3)4;/h6-7,9-11,16-17H,1-5H3,(H,14,18);1H2. The van der Waals surface area contributed by atoms with Crippen molar-refractivity contribution in [1.82, 2.24) is 5.32 Å². The molecule has 0 aliphatic carbocycles. The molecule has 3 atom stereocenters. The summed E-state index contributed by atoms with van der Waals surface area (Å²) in [6.07, 6.45) is -4.45. The maximum atomic E-state index is 11.7. The molecule has 0 bridgehead atoms. The Bertz CT molecular complexity index is 372. The molecule has 8 heteroatoms. The van der Waals surface area contributed by atoms with Crippen LogP contribution in [0.5, 0.6) is 0 Å².